The summed E-state index contributed by atoms with van der Waals surface area (Å²) in [5.74, 6) is -1.33. The Labute approximate surface area is 199 Å². The minimum atomic E-state index is -3.97. The summed E-state index contributed by atoms with van der Waals surface area (Å²) in [4.78, 5) is 12.3. The number of benzene rings is 3. The van der Waals surface area contributed by atoms with Gasteiger partial charge in [-0.15, -0.1) is 0 Å². The second-order valence-electron chi connectivity index (χ2n) is 8.19. The molecule has 34 heavy (non-hydrogen) atoms. The van der Waals surface area contributed by atoms with Crippen LogP contribution in [0.4, 0.5) is 4.39 Å². The van der Waals surface area contributed by atoms with Gasteiger partial charge in [0.25, 0.3) is 5.91 Å². The number of carbonyl (C=O) groups is 1. The van der Waals surface area contributed by atoms with Gasteiger partial charge in [0.1, 0.15) is 10.7 Å². The molecule has 0 radical (unpaired) electrons. The first-order valence-electron chi connectivity index (χ1n) is 11.2. The highest BCUT2D eigenvalue weighted by Gasteiger charge is 2.30. The quantitative estimate of drug-likeness (QED) is 0.495. The lowest BCUT2D eigenvalue weighted by Crippen LogP contribution is -2.29. The number of hydrogen-bond acceptors (Lipinski definition) is 4. The molecule has 0 spiro atoms. The molecule has 3 aromatic rings. The fourth-order valence-corrected chi connectivity index (χ4v) is 5.52. The number of nitrogens with one attached hydrogen (secondary N) is 1. The van der Waals surface area contributed by atoms with Crippen molar-refractivity contribution in [1.29, 1.82) is 0 Å². The summed E-state index contributed by atoms with van der Waals surface area (Å²) in [5, 5.41) is 2.81. The van der Waals surface area contributed by atoms with Gasteiger partial charge in [0.15, 0.2) is 0 Å². The molecule has 0 aromatic heterocycles. The van der Waals surface area contributed by atoms with Crippen molar-refractivity contribution in [3.8, 4) is 0 Å². The van der Waals surface area contributed by atoms with E-state index in [2.05, 4.69) is 5.32 Å². The maximum absolute atomic E-state index is 14.4. The van der Waals surface area contributed by atoms with E-state index >= 15 is 0 Å². The van der Waals surface area contributed by atoms with Gasteiger partial charge in [0.2, 0.25) is 10.0 Å². The lowest BCUT2D eigenvalue weighted by atomic mass is 10.1. The molecule has 1 amide bonds. The molecular weight excluding hydrogens is 455 g/mol. The highest BCUT2D eigenvalue weighted by Crippen LogP contribution is 2.24. The minimum Gasteiger partial charge on any atom is -0.372 e. The summed E-state index contributed by atoms with van der Waals surface area (Å²) < 4.78 is 47.1. The first-order valence-corrected chi connectivity index (χ1v) is 12.7. The van der Waals surface area contributed by atoms with Crippen LogP contribution in [0.15, 0.2) is 77.7 Å². The SMILES string of the molecule is O=C(NCc1ccccc1COCc1ccccc1)c1ccc(F)c(S(=O)(=O)N2CCCC2)c1. The predicted molar refractivity (Wildman–Crippen MR) is 127 cm³/mol. The highest BCUT2D eigenvalue weighted by atomic mass is 32.2. The number of sulfonamides is 1. The monoisotopic (exact) mass is 482 g/mol. The second-order valence-corrected chi connectivity index (χ2v) is 10.1. The molecule has 0 bridgehead atoms. The van der Waals surface area contributed by atoms with Gasteiger partial charge in [0, 0.05) is 25.2 Å². The Morgan fingerprint density at radius 2 is 1.59 bits per heavy atom. The number of halogens is 1. The first kappa shape index (κ1) is 24.1. The van der Waals surface area contributed by atoms with Crippen LogP contribution in [0.5, 0.6) is 0 Å². The van der Waals surface area contributed by atoms with Crippen LogP contribution in [0.2, 0.25) is 0 Å². The van der Waals surface area contributed by atoms with Gasteiger partial charge in [-0.2, -0.15) is 4.31 Å². The smallest absolute Gasteiger partial charge is 0.251 e. The summed E-state index contributed by atoms with van der Waals surface area (Å²) in [6.07, 6.45) is 1.49. The van der Waals surface area contributed by atoms with Gasteiger partial charge in [-0.3, -0.25) is 4.79 Å². The Balaban J connectivity index is 1.41. The van der Waals surface area contributed by atoms with Crippen molar-refractivity contribution in [3.63, 3.8) is 0 Å². The molecule has 1 aliphatic heterocycles. The molecule has 0 unspecified atom stereocenters. The molecular formula is C26H27FN2O4S. The van der Waals surface area contributed by atoms with Gasteiger partial charge in [-0.05, 0) is 47.7 Å². The molecule has 0 aliphatic carbocycles. The molecule has 3 aromatic carbocycles. The zero-order valence-electron chi connectivity index (χ0n) is 18.7. The third-order valence-corrected chi connectivity index (χ3v) is 7.72. The van der Waals surface area contributed by atoms with Crippen LogP contribution < -0.4 is 5.32 Å². The summed E-state index contributed by atoms with van der Waals surface area (Å²) in [6, 6.07) is 20.9. The van der Waals surface area contributed by atoms with E-state index in [4.69, 9.17) is 4.74 Å². The van der Waals surface area contributed by atoms with Crippen molar-refractivity contribution in [2.24, 2.45) is 0 Å². The van der Waals surface area contributed by atoms with Crippen LogP contribution in [0.1, 0.15) is 39.9 Å². The van der Waals surface area contributed by atoms with E-state index < -0.39 is 26.6 Å². The largest absolute Gasteiger partial charge is 0.372 e. The third-order valence-electron chi connectivity index (χ3n) is 5.80. The molecule has 1 saturated heterocycles. The van der Waals surface area contributed by atoms with Crippen molar-refractivity contribution in [2.75, 3.05) is 13.1 Å². The number of nitrogens with zero attached hydrogens (tertiary/aromatic N) is 1. The van der Waals surface area contributed by atoms with Crippen molar-refractivity contribution in [2.45, 2.75) is 37.5 Å². The van der Waals surface area contributed by atoms with Gasteiger partial charge in [-0.25, -0.2) is 12.8 Å². The molecule has 4 rings (SSSR count). The number of amides is 1. The van der Waals surface area contributed by atoms with Crippen molar-refractivity contribution in [3.05, 3.63) is 101 Å². The van der Waals surface area contributed by atoms with Crippen molar-refractivity contribution >= 4 is 15.9 Å². The van der Waals surface area contributed by atoms with E-state index in [1.807, 2.05) is 54.6 Å². The Morgan fingerprint density at radius 1 is 0.912 bits per heavy atom. The van der Waals surface area contributed by atoms with Gasteiger partial charge in [0.05, 0.1) is 13.2 Å². The number of ether oxygens (including phenoxy) is 1. The van der Waals surface area contributed by atoms with Gasteiger partial charge >= 0.3 is 0 Å². The lowest BCUT2D eigenvalue weighted by molar-refractivity contribution is 0.0947. The highest BCUT2D eigenvalue weighted by molar-refractivity contribution is 7.89. The van der Waals surface area contributed by atoms with Crippen LogP contribution >= 0.6 is 0 Å². The fraction of sp³-hybridized carbons (Fsp3) is 0.269. The van der Waals surface area contributed by atoms with E-state index in [1.165, 1.54) is 10.4 Å². The Morgan fingerprint density at radius 3 is 2.32 bits per heavy atom. The standard InChI is InChI=1S/C26H27FN2O4S/c27-24-13-12-21(16-25(24)34(31,32)29-14-6-7-15-29)26(30)28-17-22-10-4-5-11-23(22)19-33-18-20-8-2-1-3-9-20/h1-5,8-13,16H,6-7,14-15,17-19H2,(H,28,30). The van der Waals surface area contributed by atoms with Crippen LogP contribution in [-0.2, 0) is 34.5 Å². The third kappa shape index (κ3) is 5.70. The van der Waals surface area contributed by atoms with E-state index in [-0.39, 0.29) is 12.1 Å². The zero-order chi connectivity index (χ0) is 24.0. The maximum Gasteiger partial charge on any atom is 0.251 e. The molecule has 1 heterocycles. The molecule has 1 aliphatic rings. The first-order chi connectivity index (χ1) is 16.4. The predicted octanol–water partition coefficient (Wildman–Crippen LogP) is 4.26. The molecule has 8 heteroatoms. The van der Waals surface area contributed by atoms with Crippen LogP contribution in [-0.4, -0.2) is 31.7 Å². The van der Waals surface area contributed by atoms with Gasteiger partial charge < -0.3 is 10.1 Å². The number of hydrogen-bond donors (Lipinski definition) is 1. The molecule has 1 N–H and O–H groups in total. The number of rotatable bonds is 9. The van der Waals surface area contributed by atoms with Crippen molar-refractivity contribution in [1.82, 2.24) is 9.62 Å². The van der Waals surface area contributed by atoms with E-state index in [0.717, 1.165) is 41.7 Å². The summed E-state index contributed by atoms with van der Waals surface area (Å²) in [6.45, 7) is 1.82. The van der Waals surface area contributed by atoms with Crippen LogP contribution in [0, 0.1) is 5.82 Å². The number of carbonyl (C=O) groups excluding carboxylic acids is 1. The minimum absolute atomic E-state index is 0.0944. The summed E-state index contributed by atoms with van der Waals surface area (Å²) in [5.41, 5.74) is 2.99. The van der Waals surface area contributed by atoms with Gasteiger partial charge in [-0.1, -0.05) is 54.6 Å². The summed E-state index contributed by atoms with van der Waals surface area (Å²) in [7, 11) is -3.97. The Kier molecular flexibility index (Phi) is 7.72. The molecule has 6 nitrogen and oxygen atoms in total. The summed E-state index contributed by atoms with van der Waals surface area (Å²) >= 11 is 0. The molecule has 1 fully saturated rings. The molecule has 178 valence electrons. The Bertz CT molecular complexity index is 1240. The van der Waals surface area contributed by atoms with E-state index in [1.54, 1.807) is 0 Å². The topological polar surface area (TPSA) is 75.7 Å². The average molecular weight is 483 g/mol. The normalized spacial score (nSPS) is 14.3. The fourth-order valence-electron chi connectivity index (χ4n) is 3.91. The zero-order valence-corrected chi connectivity index (χ0v) is 19.6. The lowest BCUT2D eigenvalue weighted by Gasteiger charge is -2.16. The van der Waals surface area contributed by atoms with E-state index in [0.29, 0.717) is 26.3 Å². The second kappa shape index (κ2) is 10.9. The van der Waals surface area contributed by atoms with Crippen LogP contribution in [0.25, 0.3) is 0 Å². The van der Waals surface area contributed by atoms with Crippen LogP contribution in [0.3, 0.4) is 0 Å². The average Bonchev–Trinajstić information content (AvgIpc) is 3.40. The van der Waals surface area contributed by atoms with Crippen molar-refractivity contribution < 1.29 is 22.3 Å². The maximum atomic E-state index is 14.4. The molecule has 0 atom stereocenters. The van der Waals surface area contributed by atoms with E-state index in [9.17, 15) is 17.6 Å². The Hall–Kier alpha value is -3.07. The molecule has 0 saturated carbocycles.